The maximum atomic E-state index is 11.1. The first-order chi connectivity index (χ1) is 8.35. The van der Waals surface area contributed by atoms with Gasteiger partial charge in [0.05, 0.1) is 0 Å². The number of nitrogens with two attached hydrogens (primary N) is 1. The number of sulfone groups is 1. The molecule has 1 aromatic heterocycles. The van der Waals surface area contributed by atoms with Crippen molar-refractivity contribution >= 4 is 15.5 Å². The van der Waals surface area contributed by atoms with Gasteiger partial charge >= 0.3 is 0 Å². The van der Waals surface area contributed by atoms with Crippen LogP contribution in [0.5, 0.6) is 0 Å². The highest BCUT2D eigenvalue weighted by atomic mass is 32.2. The fraction of sp³-hybridized carbons (Fsp3) is 0.273. The van der Waals surface area contributed by atoms with Gasteiger partial charge in [-0.3, -0.25) is 0 Å². The molecule has 0 fully saturated rings. The summed E-state index contributed by atoms with van der Waals surface area (Å²) in [6.07, 6.45) is 1.12. The minimum atomic E-state index is -3.17. The van der Waals surface area contributed by atoms with Crippen molar-refractivity contribution in [2.45, 2.75) is 12.7 Å². The molecule has 0 atom stereocenters. The molecule has 6 nitrogen and oxygen atoms in total. The van der Waals surface area contributed by atoms with Crippen LogP contribution in [-0.4, -0.2) is 24.8 Å². The molecule has 18 heavy (non-hydrogen) atoms. The van der Waals surface area contributed by atoms with Gasteiger partial charge in [-0.2, -0.15) is 4.98 Å². The molecule has 0 aliphatic rings. The fourth-order valence-electron chi connectivity index (χ4n) is 1.47. The standard InChI is InChI=1S/C11H13N3O3S/c1-7-5-8(3-4-9(7)12)11-13-10(14-17-11)6-18(2,15)16/h3-5H,6,12H2,1-2H3. The van der Waals surface area contributed by atoms with Crippen molar-refractivity contribution < 1.29 is 12.9 Å². The molecule has 0 spiro atoms. The van der Waals surface area contributed by atoms with Crippen LogP contribution in [0.15, 0.2) is 22.7 Å². The topological polar surface area (TPSA) is 99.1 Å². The van der Waals surface area contributed by atoms with Crippen LogP contribution >= 0.6 is 0 Å². The van der Waals surface area contributed by atoms with Crippen LogP contribution in [0.25, 0.3) is 11.5 Å². The Balaban J connectivity index is 2.32. The van der Waals surface area contributed by atoms with E-state index in [9.17, 15) is 8.42 Å². The van der Waals surface area contributed by atoms with E-state index in [1.54, 1.807) is 12.1 Å². The number of hydrogen-bond donors (Lipinski definition) is 1. The Morgan fingerprint density at radius 3 is 2.72 bits per heavy atom. The van der Waals surface area contributed by atoms with Gasteiger partial charge in [-0.15, -0.1) is 0 Å². The lowest BCUT2D eigenvalue weighted by Gasteiger charge is -2.00. The molecule has 0 bridgehead atoms. The van der Waals surface area contributed by atoms with E-state index >= 15 is 0 Å². The molecule has 2 aromatic rings. The Bertz CT molecular complexity index is 677. The van der Waals surface area contributed by atoms with Crippen LogP contribution in [0, 0.1) is 6.92 Å². The van der Waals surface area contributed by atoms with Gasteiger partial charge in [0, 0.05) is 17.5 Å². The maximum Gasteiger partial charge on any atom is 0.257 e. The average Bonchev–Trinajstić information content (AvgIpc) is 2.68. The average molecular weight is 267 g/mol. The number of nitrogen functional groups attached to an aromatic ring is 1. The molecule has 2 N–H and O–H groups in total. The predicted octanol–water partition coefficient (Wildman–Crippen LogP) is 1.17. The van der Waals surface area contributed by atoms with Crippen LogP contribution in [0.2, 0.25) is 0 Å². The quantitative estimate of drug-likeness (QED) is 0.838. The second-order valence-corrected chi connectivity index (χ2v) is 6.30. The zero-order valence-electron chi connectivity index (χ0n) is 10.0. The summed E-state index contributed by atoms with van der Waals surface area (Å²) in [6.45, 7) is 1.87. The summed E-state index contributed by atoms with van der Waals surface area (Å²) in [4.78, 5) is 4.04. The Morgan fingerprint density at radius 2 is 2.11 bits per heavy atom. The molecule has 7 heteroatoms. The summed E-state index contributed by atoms with van der Waals surface area (Å²) in [6, 6.07) is 5.30. The van der Waals surface area contributed by atoms with Gasteiger partial charge < -0.3 is 10.3 Å². The molecule has 0 saturated carbocycles. The SMILES string of the molecule is Cc1cc(-c2nc(CS(C)(=O)=O)no2)ccc1N. The molecule has 0 aliphatic carbocycles. The predicted molar refractivity (Wildman–Crippen MR) is 67.4 cm³/mol. The monoisotopic (exact) mass is 267 g/mol. The second-order valence-electron chi connectivity index (χ2n) is 4.16. The third kappa shape index (κ3) is 2.86. The second kappa shape index (κ2) is 4.41. The highest BCUT2D eigenvalue weighted by Gasteiger charge is 2.13. The van der Waals surface area contributed by atoms with Gasteiger partial charge in [0.2, 0.25) is 0 Å². The van der Waals surface area contributed by atoms with Crippen molar-refractivity contribution in [3.8, 4) is 11.5 Å². The molecule has 1 aromatic carbocycles. The smallest absolute Gasteiger partial charge is 0.257 e. The van der Waals surface area contributed by atoms with E-state index in [1.165, 1.54) is 0 Å². The molecule has 96 valence electrons. The Labute approximate surface area is 105 Å². The third-order valence-corrected chi connectivity index (χ3v) is 3.16. The van der Waals surface area contributed by atoms with Gasteiger partial charge in [0.15, 0.2) is 15.7 Å². The highest BCUT2D eigenvalue weighted by molar-refractivity contribution is 7.89. The van der Waals surface area contributed by atoms with Gasteiger partial charge in [0.1, 0.15) is 5.75 Å². The van der Waals surface area contributed by atoms with Gasteiger partial charge in [-0.1, -0.05) is 5.16 Å². The molecule has 0 radical (unpaired) electrons. The molecular weight excluding hydrogens is 254 g/mol. The third-order valence-electron chi connectivity index (χ3n) is 2.38. The van der Waals surface area contributed by atoms with Crippen LogP contribution in [0.3, 0.4) is 0 Å². The molecule has 0 amide bonds. The molecule has 0 unspecified atom stereocenters. The number of aromatic nitrogens is 2. The molecule has 2 rings (SSSR count). The lowest BCUT2D eigenvalue weighted by atomic mass is 10.1. The van der Waals surface area contributed by atoms with Crippen LogP contribution in [0.1, 0.15) is 11.4 Å². The minimum absolute atomic E-state index is 0.155. The summed E-state index contributed by atoms with van der Waals surface area (Å²) in [5.41, 5.74) is 8.00. The molecule has 0 aliphatic heterocycles. The highest BCUT2D eigenvalue weighted by Crippen LogP contribution is 2.22. The Hall–Kier alpha value is -1.89. The number of hydrogen-bond acceptors (Lipinski definition) is 6. The summed E-state index contributed by atoms with van der Waals surface area (Å²) in [7, 11) is -3.17. The lowest BCUT2D eigenvalue weighted by molar-refractivity contribution is 0.424. The number of anilines is 1. The number of rotatable bonds is 3. The first kappa shape index (κ1) is 12.6. The van der Waals surface area contributed by atoms with Crippen LogP contribution in [-0.2, 0) is 15.6 Å². The fourth-order valence-corrected chi connectivity index (χ4v) is 2.06. The van der Waals surface area contributed by atoms with E-state index in [2.05, 4.69) is 10.1 Å². The summed E-state index contributed by atoms with van der Waals surface area (Å²) < 4.78 is 27.2. The van der Waals surface area contributed by atoms with Gasteiger partial charge in [-0.25, -0.2) is 8.42 Å². The van der Waals surface area contributed by atoms with Crippen molar-refractivity contribution in [3.63, 3.8) is 0 Å². The van der Waals surface area contributed by atoms with Crippen molar-refractivity contribution in [3.05, 3.63) is 29.6 Å². The van der Waals surface area contributed by atoms with E-state index in [0.717, 1.165) is 11.8 Å². The normalized spacial score (nSPS) is 11.7. The molecular formula is C11H13N3O3S. The van der Waals surface area contributed by atoms with E-state index < -0.39 is 9.84 Å². The van der Waals surface area contributed by atoms with Gasteiger partial charge in [0.25, 0.3) is 5.89 Å². The van der Waals surface area contributed by atoms with Crippen molar-refractivity contribution in [1.82, 2.24) is 10.1 Å². The van der Waals surface area contributed by atoms with Crippen LogP contribution in [0.4, 0.5) is 5.69 Å². The number of aryl methyl sites for hydroxylation is 1. The molecule has 1 heterocycles. The van der Waals surface area contributed by atoms with Crippen molar-refractivity contribution in [2.75, 3.05) is 12.0 Å². The maximum absolute atomic E-state index is 11.1. The van der Waals surface area contributed by atoms with E-state index in [0.29, 0.717) is 11.3 Å². The lowest BCUT2D eigenvalue weighted by Crippen LogP contribution is -2.02. The first-order valence-electron chi connectivity index (χ1n) is 5.22. The Kier molecular flexibility index (Phi) is 3.08. The zero-order valence-corrected chi connectivity index (χ0v) is 10.9. The van der Waals surface area contributed by atoms with Gasteiger partial charge in [-0.05, 0) is 30.7 Å². The minimum Gasteiger partial charge on any atom is -0.399 e. The summed E-state index contributed by atoms with van der Waals surface area (Å²) >= 11 is 0. The van der Waals surface area contributed by atoms with Crippen molar-refractivity contribution in [1.29, 1.82) is 0 Å². The number of nitrogens with zero attached hydrogens (tertiary/aromatic N) is 2. The Morgan fingerprint density at radius 1 is 1.39 bits per heavy atom. The van der Waals surface area contributed by atoms with E-state index in [4.69, 9.17) is 10.3 Å². The summed E-state index contributed by atoms with van der Waals surface area (Å²) in [5, 5.41) is 3.63. The van der Waals surface area contributed by atoms with Crippen LogP contribution < -0.4 is 5.73 Å². The van der Waals surface area contributed by atoms with E-state index in [-0.39, 0.29) is 17.5 Å². The number of benzene rings is 1. The molecule has 0 saturated heterocycles. The first-order valence-corrected chi connectivity index (χ1v) is 7.28. The largest absolute Gasteiger partial charge is 0.399 e. The zero-order chi connectivity index (χ0) is 13.3. The van der Waals surface area contributed by atoms with Crippen molar-refractivity contribution in [2.24, 2.45) is 0 Å². The van der Waals surface area contributed by atoms with E-state index in [1.807, 2.05) is 13.0 Å². The summed E-state index contributed by atoms with van der Waals surface area (Å²) in [5.74, 6) is 0.212.